The second-order valence-corrected chi connectivity index (χ2v) is 11.5. The Kier molecular flexibility index (Phi) is 9.55. The number of benzene rings is 4. The predicted octanol–water partition coefficient (Wildman–Crippen LogP) is 8.80. The molecule has 0 spiro atoms. The molecule has 0 saturated carbocycles. The van der Waals surface area contributed by atoms with E-state index in [0.717, 1.165) is 21.1 Å². The Balaban J connectivity index is 1.21. The fraction of sp³-hybridized carbons (Fsp3) is 0.0667. The first-order chi connectivity index (χ1) is 20.6. The molecule has 1 aromatic heterocycles. The molecule has 0 unspecified atom stereocenters. The van der Waals surface area contributed by atoms with Crippen molar-refractivity contribution in [1.29, 1.82) is 0 Å². The van der Waals surface area contributed by atoms with Gasteiger partial charge in [0.25, 0.3) is 11.8 Å². The van der Waals surface area contributed by atoms with Crippen molar-refractivity contribution in [3.05, 3.63) is 137 Å². The van der Waals surface area contributed by atoms with E-state index in [1.807, 2.05) is 0 Å². The molecule has 0 atom stereocenters. The summed E-state index contributed by atoms with van der Waals surface area (Å²) in [4.78, 5) is 25.4. The number of aromatic nitrogens is 2. The van der Waals surface area contributed by atoms with E-state index in [1.54, 1.807) is 48.5 Å². The van der Waals surface area contributed by atoms with Crippen LogP contribution in [0, 0.1) is 11.6 Å². The van der Waals surface area contributed by atoms with Gasteiger partial charge in [0.1, 0.15) is 0 Å². The van der Waals surface area contributed by atoms with Crippen molar-refractivity contribution >= 4 is 66.6 Å². The maximum absolute atomic E-state index is 14.8. The molecule has 0 radical (unpaired) electrons. The minimum atomic E-state index is -0.858. The van der Waals surface area contributed by atoms with Crippen LogP contribution >= 0.6 is 55.1 Å². The second-order valence-electron chi connectivity index (χ2n) is 8.88. The van der Waals surface area contributed by atoms with Crippen molar-refractivity contribution in [2.24, 2.45) is 0 Å². The van der Waals surface area contributed by atoms with Crippen LogP contribution in [0.2, 0.25) is 10.0 Å². The molecule has 0 N–H and O–H groups in total. The van der Waals surface area contributed by atoms with E-state index in [4.69, 9.17) is 37.1 Å². The Labute approximate surface area is 270 Å². The molecule has 0 aliphatic heterocycles. The van der Waals surface area contributed by atoms with Gasteiger partial charge in [-0.3, -0.25) is 9.59 Å². The van der Waals surface area contributed by atoms with E-state index >= 15 is 0 Å². The van der Waals surface area contributed by atoms with Crippen LogP contribution in [-0.4, -0.2) is 21.8 Å². The molecule has 5 rings (SSSR count). The zero-order valence-corrected chi connectivity index (χ0v) is 26.2. The highest BCUT2D eigenvalue weighted by Crippen LogP contribution is 2.32. The number of halogens is 6. The van der Waals surface area contributed by atoms with Gasteiger partial charge in [0.05, 0.1) is 10.0 Å². The van der Waals surface area contributed by atoms with Crippen molar-refractivity contribution in [2.45, 2.75) is 13.2 Å². The SMILES string of the molecule is O=C(c1ccc(Br)cc1)c1cc(F)c(OCc2nnc(COc3c(F)cc(C(=O)c4ccc(Br)cc4)cc3Cl)o2)c(Cl)c1. The van der Waals surface area contributed by atoms with Crippen LogP contribution in [0.4, 0.5) is 8.78 Å². The number of carbonyl (C=O) groups excluding carboxylic acids is 2. The highest BCUT2D eigenvalue weighted by Gasteiger charge is 2.20. The van der Waals surface area contributed by atoms with Gasteiger partial charge in [-0.15, -0.1) is 10.2 Å². The van der Waals surface area contributed by atoms with Gasteiger partial charge in [-0.25, -0.2) is 8.78 Å². The maximum Gasteiger partial charge on any atom is 0.254 e. The molecule has 218 valence electrons. The summed E-state index contributed by atoms with van der Waals surface area (Å²) < 4.78 is 47.5. The number of hydrogen-bond acceptors (Lipinski definition) is 7. The summed E-state index contributed by atoms with van der Waals surface area (Å²) in [5.74, 6) is -3.26. The van der Waals surface area contributed by atoms with Gasteiger partial charge >= 0.3 is 0 Å². The summed E-state index contributed by atoms with van der Waals surface area (Å²) in [6, 6.07) is 17.8. The summed E-state index contributed by atoms with van der Waals surface area (Å²) in [6.45, 7) is -0.711. The largest absolute Gasteiger partial charge is 0.479 e. The monoisotopic (exact) mass is 750 g/mol. The van der Waals surface area contributed by atoms with Crippen LogP contribution in [0.1, 0.15) is 43.6 Å². The van der Waals surface area contributed by atoms with Gasteiger partial charge in [0.15, 0.2) is 47.9 Å². The first-order valence-electron chi connectivity index (χ1n) is 12.2. The topological polar surface area (TPSA) is 91.5 Å². The highest BCUT2D eigenvalue weighted by molar-refractivity contribution is 9.10. The molecule has 0 aliphatic carbocycles. The maximum atomic E-state index is 14.8. The van der Waals surface area contributed by atoms with E-state index in [-0.39, 0.29) is 57.7 Å². The fourth-order valence-corrected chi connectivity index (χ4v) is 4.92. The van der Waals surface area contributed by atoms with E-state index in [1.165, 1.54) is 12.1 Å². The third kappa shape index (κ3) is 7.30. The first kappa shape index (κ1) is 30.8. The zero-order chi connectivity index (χ0) is 30.7. The Morgan fingerprint density at radius 3 is 1.37 bits per heavy atom. The Morgan fingerprint density at radius 2 is 1.02 bits per heavy atom. The molecule has 7 nitrogen and oxygen atoms in total. The molecule has 43 heavy (non-hydrogen) atoms. The predicted molar refractivity (Wildman–Crippen MR) is 161 cm³/mol. The van der Waals surface area contributed by atoms with Crippen molar-refractivity contribution in [3.63, 3.8) is 0 Å². The summed E-state index contributed by atoms with van der Waals surface area (Å²) in [7, 11) is 0. The molecule has 4 aromatic carbocycles. The van der Waals surface area contributed by atoms with Crippen LogP contribution in [0.25, 0.3) is 0 Å². The zero-order valence-electron chi connectivity index (χ0n) is 21.5. The lowest BCUT2D eigenvalue weighted by molar-refractivity contribution is 0.103. The average Bonchev–Trinajstić information content (AvgIpc) is 3.44. The molecule has 0 bridgehead atoms. The standard InChI is InChI=1S/C30H16Br2Cl2F2N2O5/c31-19-5-1-15(2-6-19)27(39)17-9-21(33)29(23(35)11-17)41-13-25-37-38-26(43-25)14-42-30-22(34)10-18(12-24(30)36)28(40)16-3-7-20(32)8-4-16/h1-12H,13-14H2. The van der Waals surface area contributed by atoms with Crippen molar-refractivity contribution in [2.75, 3.05) is 0 Å². The van der Waals surface area contributed by atoms with Gasteiger partial charge in [-0.1, -0.05) is 55.1 Å². The van der Waals surface area contributed by atoms with Gasteiger partial charge in [-0.05, 0) is 72.8 Å². The molecule has 0 amide bonds. The Hall–Kier alpha value is -3.64. The summed E-state index contributed by atoms with van der Waals surface area (Å²) >= 11 is 19.0. The van der Waals surface area contributed by atoms with Crippen molar-refractivity contribution in [1.82, 2.24) is 10.2 Å². The quantitative estimate of drug-likeness (QED) is 0.132. The lowest BCUT2D eigenvalue weighted by Crippen LogP contribution is -2.04. The molecule has 0 saturated heterocycles. The molecular formula is C30H16Br2Cl2F2N2O5. The number of nitrogens with zero attached hydrogens (tertiary/aromatic N) is 2. The molecular weight excluding hydrogens is 737 g/mol. The number of ether oxygens (including phenoxy) is 2. The number of rotatable bonds is 10. The van der Waals surface area contributed by atoms with Crippen molar-refractivity contribution < 1.29 is 32.3 Å². The highest BCUT2D eigenvalue weighted by atomic mass is 79.9. The average molecular weight is 753 g/mol. The minimum Gasteiger partial charge on any atom is -0.479 e. The van der Waals surface area contributed by atoms with Gasteiger partial charge in [0, 0.05) is 31.2 Å². The van der Waals surface area contributed by atoms with E-state index in [9.17, 15) is 18.4 Å². The molecule has 1 heterocycles. The third-order valence-electron chi connectivity index (χ3n) is 5.92. The Bertz CT molecular complexity index is 1660. The Morgan fingerprint density at radius 1 is 0.651 bits per heavy atom. The van der Waals surface area contributed by atoms with E-state index < -0.39 is 23.2 Å². The summed E-state index contributed by atoms with van der Waals surface area (Å²) in [6.07, 6.45) is 0. The van der Waals surface area contributed by atoms with E-state index in [0.29, 0.717) is 11.1 Å². The molecule has 0 aliphatic rings. The fourth-order valence-electron chi connectivity index (χ4n) is 3.87. The normalized spacial score (nSPS) is 10.9. The lowest BCUT2D eigenvalue weighted by Gasteiger charge is -2.10. The van der Waals surface area contributed by atoms with Crippen LogP contribution < -0.4 is 9.47 Å². The third-order valence-corrected chi connectivity index (χ3v) is 7.54. The van der Waals surface area contributed by atoms with E-state index in [2.05, 4.69) is 42.1 Å². The number of ketones is 2. The minimum absolute atomic E-state index is 0.0472. The van der Waals surface area contributed by atoms with Gasteiger partial charge in [-0.2, -0.15) is 0 Å². The first-order valence-corrected chi connectivity index (χ1v) is 14.6. The van der Waals surface area contributed by atoms with Gasteiger partial charge in [0.2, 0.25) is 0 Å². The summed E-state index contributed by atoms with van der Waals surface area (Å²) in [5, 5.41) is 7.34. The van der Waals surface area contributed by atoms with Crippen molar-refractivity contribution in [3.8, 4) is 11.5 Å². The number of hydrogen-bond donors (Lipinski definition) is 0. The molecule has 13 heteroatoms. The van der Waals surface area contributed by atoms with Gasteiger partial charge < -0.3 is 13.9 Å². The van der Waals surface area contributed by atoms with Crippen LogP contribution in [0.3, 0.4) is 0 Å². The van der Waals surface area contributed by atoms with Crippen LogP contribution in [0.15, 0.2) is 86.2 Å². The molecule has 0 fully saturated rings. The van der Waals surface area contributed by atoms with Crippen LogP contribution in [0.5, 0.6) is 11.5 Å². The smallest absolute Gasteiger partial charge is 0.254 e. The lowest BCUT2D eigenvalue weighted by atomic mass is 10.0. The molecule has 5 aromatic rings. The number of carbonyl (C=O) groups is 2. The second kappa shape index (κ2) is 13.3. The van der Waals surface area contributed by atoms with Crippen LogP contribution in [-0.2, 0) is 13.2 Å². The summed E-state index contributed by atoms with van der Waals surface area (Å²) in [5.41, 5.74) is 0.815.